The molecular formula is C14H15NO2S. The highest BCUT2D eigenvalue weighted by Gasteiger charge is 2.14. The molecule has 2 aromatic rings. The van der Waals surface area contributed by atoms with Crippen molar-refractivity contribution in [1.29, 1.82) is 0 Å². The number of carboxylic acid groups (broad SMARTS) is 1. The van der Waals surface area contributed by atoms with Gasteiger partial charge in [-0.25, -0.2) is 4.98 Å². The van der Waals surface area contributed by atoms with Crippen LogP contribution >= 0.6 is 11.3 Å². The van der Waals surface area contributed by atoms with Gasteiger partial charge in [-0.05, 0) is 6.92 Å². The number of aryl methyl sites for hydroxylation is 1. The molecule has 1 heterocycles. The second-order valence-electron chi connectivity index (χ2n) is 4.45. The van der Waals surface area contributed by atoms with Gasteiger partial charge >= 0.3 is 5.97 Å². The summed E-state index contributed by atoms with van der Waals surface area (Å²) in [5.74, 6) is -1.17. The summed E-state index contributed by atoms with van der Waals surface area (Å²) in [4.78, 5) is 15.3. The molecule has 0 fully saturated rings. The summed E-state index contributed by atoms with van der Waals surface area (Å²) in [6.45, 7) is 3.75. The first-order valence-electron chi connectivity index (χ1n) is 5.80. The van der Waals surface area contributed by atoms with E-state index < -0.39 is 11.9 Å². The van der Waals surface area contributed by atoms with Crippen molar-refractivity contribution in [3.63, 3.8) is 0 Å². The van der Waals surface area contributed by atoms with Crippen molar-refractivity contribution in [2.75, 3.05) is 0 Å². The zero-order chi connectivity index (χ0) is 13.1. The van der Waals surface area contributed by atoms with Gasteiger partial charge in [-0.15, -0.1) is 11.3 Å². The Kier molecular flexibility index (Phi) is 3.77. The molecule has 0 aliphatic carbocycles. The summed E-state index contributed by atoms with van der Waals surface area (Å²) in [7, 11) is 0. The van der Waals surface area contributed by atoms with E-state index in [-0.39, 0.29) is 0 Å². The fourth-order valence-corrected chi connectivity index (χ4v) is 2.47. The third-order valence-corrected chi connectivity index (χ3v) is 3.73. The van der Waals surface area contributed by atoms with Crippen LogP contribution in [0.25, 0.3) is 10.6 Å². The van der Waals surface area contributed by atoms with Gasteiger partial charge in [0.2, 0.25) is 0 Å². The van der Waals surface area contributed by atoms with Crippen molar-refractivity contribution in [3.8, 4) is 10.6 Å². The van der Waals surface area contributed by atoms with Crippen molar-refractivity contribution < 1.29 is 9.90 Å². The maximum absolute atomic E-state index is 10.8. The van der Waals surface area contributed by atoms with Crippen molar-refractivity contribution in [2.45, 2.75) is 20.3 Å². The predicted molar refractivity (Wildman–Crippen MR) is 72.8 cm³/mol. The molecule has 18 heavy (non-hydrogen) atoms. The molecule has 4 heteroatoms. The molecule has 0 saturated carbocycles. The minimum Gasteiger partial charge on any atom is -0.481 e. The highest BCUT2D eigenvalue weighted by molar-refractivity contribution is 7.13. The predicted octanol–water partition coefficient (Wildman–Crippen LogP) is 3.38. The van der Waals surface area contributed by atoms with Crippen molar-refractivity contribution in [2.24, 2.45) is 5.92 Å². The SMILES string of the molecule is Cc1ccc(-c2nc(CC(C)C(=O)O)cs2)cc1. The topological polar surface area (TPSA) is 50.2 Å². The van der Waals surface area contributed by atoms with Crippen LogP contribution in [-0.2, 0) is 11.2 Å². The molecule has 1 aromatic heterocycles. The Hall–Kier alpha value is -1.68. The van der Waals surface area contributed by atoms with Crippen LogP contribution in [0.15, 0.2) is 29.6 Å². The molecule has 0 bridgehead atoms. The molecule has 1 unspecified atom stereocenters. The second-order valence-corrected chi connectivity index (χ2v) is 5.31. The molecular weight excluding hydrogens is 246 g/mol. The fourth-order valence-electron chi connectivity index (χ4n) is 1.63. The Morgan fingerprint density at radius 3 is 2.67 bits per heavy atom. The van der Waals surface area contributed by atoms with Crippen molar-refractivity contribution in [1.82, 2.24) is 4.98 Å². The number of rotatable bonds is 4. The number of thiazole rings is 1. The molecule has 3 nitrogen and oxygen atoms in total. The van der Waals surface area contributed by atoms with E-state index in [1.807, 2.05) is 24.4 Å². The number of nitrogens with zero attached hydrogens (tertiary/aromatic N) is 1. The van der Waals surface area contributed by atoms with Gasteiger partial charge in [0.1, 0.15) is 5.01 Å². The number of benzene rings is 1. The minimum atomic E-state index is -0.778. The largest absolute Gasteiger partial charge is 0.481 e. The maximum atomic E-state index is 10.8. The van der Waals surface area contributed by atoms with Gasteiger partial charge in [-0.1, -0.05) is 36.8 Å². The minimum absolute atomic E-state index is 0.391. The van der Waals surface area contributed by atoms with Crippen LogP contribution in [0.4, 0.5) is 0 Å². The van der Waals surface area contributed by atoms with Gasteiger partial charge in [0, 0.05) is 17.4 Å². The van der Waals surface area contributed by atoms with E-state index in [1.54, 1.807) is 18.3 Å². The van der Waals surface area contributed by atoms with Crippen LogP contribution in [0, 0.1) is 12.8 Å². The first kappa shape index (κ1) is 12.8. The van der Waals surface area contributed by atoms with E-state index in [2.05, 4.69) is 17.1 Å². The first-order valence-corrected chi connectivity index (χ1v) is 6.68. The maximum Gasteiger partial charge on any atom is 0.306 e. The Balaban J connectivity index is 2.15. The zero-order valence-corrected chi connectivity index (χ0v) is 11.2. The highest BCUT2D eigenvalue weighted by Crippen LogP contribution is 2.25. The molecule has 0 spiro atoms. The lowest BCUT2D eigenvalue weighted by atomic mass is 10.1. The fraction of sp³-hybridized carbons (Fsp3) is 0.286. The third-order valence-electron chi connectivity index (χ3n) is 2.79. The summed E-state index contributed by atoms with van der Waals surface area (Å²) in [6.07, 6.45) is 0.484. The summed E-state index contributed by atoms with van der Waals surface area (Å²) in [5, 5.41) is 11.8. The Labute approximate surface area is 110 Å². The molecule has 0 aliphatic heterocycles. The molecule has 1 atom stereocenters. The molecule has 2 rings (SSSR count). The van der Waals surface area contributed by atoms with Gasteiger partial charge in [-0.2, -0.15) is 0 Å². The molecule has 0 saturated heterocycles. The smallest absolute Gasteiger partial charge is 0.306 e. The van der Waals surface area contributed by atoms with E-state index >= 15 is 0 Å². The van der Waals surface area contributed by atoms with Crippen LogP contribution in [0.1, 0.15) is 18.2 Å². The lowest BCUT2D eigenvalue weighted by Crippen LogP contribution is -2.12. The summed E-state index contributed by atoms with van der Waals surface area (Å²) in [5.41, 5.74) is 3.15. The molecule has 0 aliphatic rings. The lowest BCUT2D eigenvalue weighted by Gasteiger charge is -2.02. The van der Waals surface area contributed by atoms with Gasteiger partial charge in [0.05, 0.1) is 11.6 Å². The molecule has 94 valence electrons. The molecule has 1 N–H and O–H groups in total. The average Bonchev–Trinajstić information content (AvgIpc) is 2.78. The Bertz CT molecular complexity index is 545. The van der Waals surface area contributed by atoms with Crippen LogP contribution < -0.4 is 0 Å². The second kappa shape index (κ2) is 5.31. The van der Waals surface area contributed by atoms with Gasteiger partial charge in [0.25, 0.3) is 0 Å². The summed E-state index contributed by atoms with van der Waals surface area (Å²) in [6, 6.07) is 8.18. The van der Waals surface area contributed by atoms with Crippen molar-refractivity contribution >= 4 is 17.3 Å². The van der Waals surface area contributed by atoms with Gasteiger partial charge in [-0.3, -0.25) is 4.79 Å². The molecule has 0 radical (unpaired) electrons. The van der Waals surface area contributed by atoms with Crippen LogP contribution in [0.3, 0.4) is 0 Å². The molecule has 1 aromatic carbocycles. The number of hydrogen-bond donors (Lipinski definition) is 1. The zero-order valence-electron chi connectivity index (χ0n) is 10.4. The first-order chi connectivity index (χ1) is 8.56. The summed E-state index contributed by atoms with van der Waals surface area (Å²) < 4.78 is 0. The van der Waals surface area contributed by atoms with E-state index in [0.29, 0.717) is 6.42 Å². The average molecular weight is 261 g/mol. The number of hydrogen-bond acceptors (Lipinski definition) is 3. The third kappa shape index (κ3) is 2.96. The molecule has 0 amide bonds. The van der Waals surface area contributed by atoms with E-state index in [9.17, 15) is 4.79 Å². The van der Waals surface area contributed by atoms with Gasteiger partial charge < -0.3 is 5.11 Å². The normalized spacial score (nSPS) is 12.3. The van der Waals surface area contributed by atoms with Crippen LogP contribution in [0.2, 0.25) is 0 Å². The number of aromatic nitrogens is 1. The highest BCUT2D eigenvalue weighted by atomic mass is 32.1. The Morgan fingerprint density at radius 1 is 1.39 bits per heavy atom. The van der Waals surface area contributed by atoms with Crippen molar-refractivity contribution in [3.05, 3.63) is 40.9 Å². The summed E-state index contributed by atoms with van der Waals surface area (Å²) >= 11 is 1.56. The van der Waals surface area contributed by atoms with E-state index in [4.69, 9.17) is 5.11 Å². The lowest BCUT2D eigenvalue weighted by molar-refractivity contribution is -0.141. The number of aliphatic carboxylic acids is 1. The Morgan fingerprint density at radius 2 is 2.06 bits per heavy atom. The van der Waals surface area contributed by atoms with E-state index in [1.165, 1.54) is 5.56 Å². The standard InChI is InChI=1S/C14H15NO2S/c1-9-3-5-11(6-4-9)13-15-12(8-18-13)7-10(2)14(16)17/h3-6,8,10H,7H2,1-2H3,(H,16,17). The number of carboxylic acids is 1. The van der Waals surface area contributed by atoms with Crippen LogP contribution in [-0.4, -0.2) is 16.1 Å². The van der Waals surface area contributed by atoms with E-state index in [0.717, 1.165) is 16.3 Å². The monoisotopic (exact) mass is 261 g/mol. The quantitative estimate of drug-likeness (QED) is 0.917. The van der Waals surface area contributed by atoms with Gasteiger partial charge in [0.15, 0.2) is 0 Å². The number of carbonyl (C=O) groups is 1. The van der Waals surface area contributed by atoms with Crippen LogP contribution in [0.5, 0.6) is 0 Å².